The Bertz CT molecular complexity index is 741. The fraction of sp³-hybridized carbons (Fsp3) is 0.350. The number of amides is 1. The molecule has 1 N–H and O–H groups in total. The van der Waals surface area contributed by atoms with Crippen LogP contribution < -0.4 is 5.32 Å². The molecule has 1 saturated heterocycles. The summed E-state index contributed by atoms with van der Waals surface area (Å²) >= 11 is 3.60. The Morgan fingerprint density at radius 3 is 2.50 bits per heavy atom. The van der Waals surface area contributed by atoms with Crippen LogP contribution in [-0.2, 0) is 4.79 Å². The highest BCUT2D eigenvalue weighted by Gasteiger charge is 2.40. The Labute approximate surface area is 151 Å². The molecule has 2 aliphatic heterocycles. The third-order valence-corrected chi connectivity index (χ3v) is 5.63. The van der Waals surface area contributed by atoms with Gasteiger partial charge in [0.25, 0.3) is 0 Å². The van der Waals surface area contributed by atoms with Gasteiger partial charge in [-0.05, 0) is 55.3 Å². The summed E-state index contributed by atoms with van der Waals surface area (Å²) in [5, 5.41) is 3.13. The lowest BCUT2D eigenvalue weighted by atomic mass is 9.80. The van der Waals surface area contributed by atoms with Gasteiger partial charge in [0.2, 0.25) is 5.91 Å². The molecular formula is C20H21BrN2O. The molecule has 3 nitrogen and oxygen atoms in total. The average molecular weight is 385 g/mol. The summed E-state index contributed by atoms with van der Waals surface area (Å²) in [5.74, 6) is 0.200. The summed E-state index contributed by atoms with van der Waals surface area (Å²) in [7, 11) is 0. The molecule has 2 atom stereocenters. The minimum Gasteiger partial charge on any atom is -0.324 e. The molecule has 1 amide bonds. The van der Waals surface area contributed by atoms with E-state index < -0.39 is 0 Å². The Morgan fingerprint density at radius 2 is 1.75 bits per heavy atom. The number of nitrogens with one attached hydrogen (secondary N) is 1. The van der Waals surface area contributed by atoms with E-state index in [0.29, 0.717) is 0 Å². The molecule has 124 valence electrons. The molecule has 0 aromatic heterocycles. The molecule has 2 aromatic rings. The Hall–Kier alpha value is -1.65. The molecule has 0 spiro atoms. The van der Waals surface area contributed by atoms with Gasteiger partial charge < -0.3 is 5.32 Å². The van der Waals surface area contributed by atoms with Crippen molar-refractivity contribution in [3.05, 3.63) is 64.1 Å². The molecule has 0 bridgehead atoms. The van der Waals surface area contributed by atoms with Crippen molar-refractivity contribution in [2.75, 3.05) is 18.4 Å². The van der Waals surface area contributed by atoms with E-state index in [1.165, 1.54) is 30.4 Å². The molecule has 2 aliphatic rings. The number of nitrogens with zero attached hydrogens (tertiary/aromatic N) is 1. The maximum Gasteiger partial charge on any atom is 0.242 e. The van der Waals surface area contributed by atoms with Crippen LogP contribution in [0.5, 0.6) is 0 Å². The lowest BCUT2D eigenvalue weighted by molar-refractivity contribution is -0.122. The lowest BCUT2D eigenvalue weighted by Gasteiger charge is -2.41. The fourth-order valence-corrected chi connectivity index (χ4v) is 4.41. The molecule has 0 aliphatic carbocycles. The summed E-state index contributed by atoms with van der Waals surface area (Å²) < 4.78 is 1.05. The smallest absolute Gasteiger partial charge is 0.242 e. The molecule has 4 heteroatoms. The number of anilines is 1. The Balaban J connectivity index is 1.83. The number of carbonyl (C=O) groups excluding carboxylic acids is 1. The molecule has 1 fully saturated rings. The van der Waals surface area contributed by atoms with Crippen molar-refractivity contribution in [1.82, 2.24) is 4.90 Å². The van der Waals surface area contributed by atoms with Crippen LogP contribution in [0, 0.1) is 0 Å². The van der Waals surface area contributed by atoms with E-state index in [1.54, 1.807) is 0 Å². The van der Waals surface area contributed by atoms with Crippen molar-refractivity contribution in [1.29, 1.82) is 0 Å². The first-order valence-corrected chi connectivity index (χ1v) is 9.42. The van der Waals surface area contributed by atoms with Crippen molar-refractivity contribution >= 4 is 27.5 Å². The topological polar surface area (TPSA) is 32.3 Å². The standard InChI is InChI=1S/C20H21BrN2O/c21-15-9-10-17-16(13-15)18(14-7-3-1-4-8-14)19(20(24)22-17)23-11-5-2-6-12-23/h1,3-4,7-10,13,18-19H,2,5-6,11-12H2,(H,22,24). The number of hydrogen-bond donors (Lipinski definition) is 1. The van der Waals surface area contributed by atoms with E-state index >= 15 is 0 Å². The van der Waals surface area contributed by atoms with Crippen LogP contribution in [0.2, 0.25) is 0 Å². The zero-order valence-corrected chi connectivity index (χ0v) is 15.1. The number of halogens is 1. The monoisotopic (exact) mass is 384 g/mol. The van der Waals surface area contributed by atoms with E-state index in [9.17, 15) is 4.79 Å². The normalized spacial score (nSPS) is 24.3. The number of piperidine rings is 1. The van der Waals surface area contributed by atoms with Gasteiger partial charge >= 0.3 is 0 Å². The first-order chi connectivity index (χ1) is 11.7. The predicted molar refractivity (Wildman–Crippen MR) is 100 cm³/mol. The van der Waals surface area contributed by atoms with E-state index in [1.807, 2.05) is 18.2 Å². The SMILES string of the molecule is O=C1Nc2ccc(Br)cc2C(c2ccccc2)C1N1CCCCC1. The van der Waals surface area contributed by atoms with Crippen molar-refractivity contribution in [2.24, 2.45) is 0 Å². The first kappa shape index (κ1) is 15.9. The quantitative estimate of drug-likeness (QED) is 0.832. The van der Waals surface area contributed by atoms with Gasteiger partial charge in [-0.15, -0.1) is 0 Å². The highest BCUT2D eigenvalue weighted by molar-refractivity contribution is 9.10. The lowest BCUT2D eigenvalue weighted by Crippen LogP contribution is -2.52. The van der Waals surface area contributed by atoms with Gasteiger partial charge in [0.1, 0.15) is 6.04 Å². The zero-order chi connectivity index (χ0) is 16.5. The van der Waals surface area contributed by atoms with Gasteiger partial charge in [0.15, 0.2) is 0 Å². The Morgan fingerprint density at radius 1 is 1.00 bits per heavy atom. The van der Waals surface area contributed by atoms with Crippen molar-refractivity contribution in [3.8, 4) is 0 Å². The van der Waals surface area contributed by atoms with Gasteiger partial charge in [-0.2, -0.15) is 0 Å². The predicted octanol–water partition coefficient (Wildman–Crippen LogP) is 4.39. The van der Waals surface area contributed by atoms with Crippen LogP contribution in [0.3, 0.4) is 0 Å². The summed E-state index contributed by atoms with van der Waals surface area (Å²) in [6.45, 7) is 2.01. The number of hydrogen-bond acceptors (Lipinski definition) is 2. The minimum absolute atomic E-state index is 0.0746. The second kappa shape index (κ2) is 6.69. The van der Waals surface area contributed by atoms with Crippen LogP contribution in [0.4, 0.5) is 5.69 Å². The molecule has 4 rings (SSSR count). The maximum atomic E-state index is 13.0. The van der Waals surface area contributed by atoms with E-state index in [2.05, 4.69) is 56.5 Å². The largest absolute Gasteiger partial charge is 0.324 e. The van der Waals surface area contributed by atoms with Crippen LogP contribution in [0.1, 0.15) is 36.3 Å². The number of carbonyl (C=O) groups is 1. The van der Waals surface area contributed by atoms with Crippen molar-refractivity contribution < 1.29 is 4.79 Å². The summed E-state index contributed by atoms with van der Waals surface area (Å²) in [4.78, 5) is 15.3. The number of benzene rings is 2. The van der Waals surface area contributed by atoms with Crippen molar-refractivity contribution in [3.63, 3.8) is 0 Å². The van der Waals surface area contributed by atoms with E-state index in [0.717, 1.165) is 23.2 Å². The molecular weight excluding hydrogens is 364 g/mol. The fourth-order valence-electron chi connectivity index (χ4n) is 4.03. The third kappa shape index (κ3) is 2.89. The summed E-state index contributed by atoms with van der Waals surface area (Å²) in [6, 6.07) is 16.5. The van der Waals surface area contributed by atoms with Gasteiger partial charge in [0, 0.05) is 16.1 Å². The van der Waals surface area contributed by atoms with Gasteiger partial charge in [-0.3, -0.25) is 9.69 Å². The molecule has 2 heterocycles. The summed E-state index contributed by atoms with van der Waals surface area (Å²) in [6.07, 6.45) is 3.62. The second-order valence-corrected chi connectivity index (χ2v) is 7.57. The number of fused-ring (bicyclic) bond motifs is 1. The Kier molecular flexibility index (Phi) is 4.42. The molecule has 0 saturated carbocycles. The molecule has 0 radical (unpaired) electrons. The zero-order valence-electron chi connectivity index (χ0n) is 13.5. The number of likely N-dealkylation sites (tertiary alicyclic amines) is 1. The van der Waals surface area contributed by atoms with Crippen LogP contribution >= 0.6 is 15.9 Å². The molecule has 2 aromatic carbocycles. The van der Waals surface area contributed by atoms with Crippen LogP contribution in [0.15, 0.2) is 53.0 Å². The molecule has 24 heavy (non-hydrogen) atoms. The van der Waals surface area contributed by atoms with Crippen LogP contribution in [-0.4, -0.2) is 29.9 Å². The first-order valence-electron chi connectivity index (χ1n) is 8.63. The van der Waals surface area contributed by atoms with Crippen LogP contribution in [0.25, 0.3) is 0 Å². The van der Waals surface area contributed by atoms with Crippen molar-refractivity contribution in [2.45, 2.75) is 31.2 Å². The van der Waals surface area contributed by atoms with E-state index in [4.69, 9.17) is 0 Å². The minimum atomic E-state index is -0.130. The third-order valence-electron chi connectivity index (χ3n) is 5.13. The van der Waals surface area contributed by atoms with Gasteiger partial charge in [-0.25, -0.2) is 0 Å². The number of rotatable bonds is 2. The maximum absolute atomic E-state index is 13.0. The second-order valence-electron chi connectivity index (χ2n) is 6.65. The average Bonchev–Trinajstić information content (AvgIpc) is 2.62. The summed E-state index contributed by atoms with van der Waals surface area (Å²) in [5.41, 5.74) is 3.35. The van der Waals surface area contributed by atoms with Gasteiger partial charge in [-0.1, -0.05) is 52.7 Å². The molecule has 2 unspecified atom stereocenters. The van der Waals surface area contributed by atoms with Gasteiger partial charge in [0.05, 0.1) is 0 Å². The highest BCUT2D eigenvalue weighted by atomic mass is 79.9. The van der Waals surface area contributed by atoms with E-state index in [-0.39, 0.29) is 17.9 Å². The highest BCUT2D eigenvalue weighted by Crippen LogP contribution is 2.41.